The van der Waals surface area contributed by atoms with Crippen molar-refractivity contribution in [2.24, 2.45) is 23.2 Å². The van der Waals surface area contributed by atoms with Gasteiger partial charge in [-0.2, -0.15) is 0 Å². The zero-order valence-corrected chi connectivity index (χ0v) is 14.9. The average Bonchev–Trinajstić information content (AvgIpc) is 3.37. The van der Waals surface area contributed by atoms with Gasteiger partial charge in [-0.25, -0.2) is 4.39 Å². The van der Waals surface area contributed by atoms with Crippen LogP contribution in [0.1, 0.15) is 63.4 Å². The fourth-order valence-electron chi connectivity index (χ4n) is 6.52. The van der Waals surface area contributed by atoms with Crippen LogP contribution in [-0.2, 0) is 11.3 Å². The molecule has 0 spiro atoms. The molecule has 0 radical (unpaired) electrons. The lowest BCUT2D eigenvalue weighted by Gasteiger charge is -2.57. The van der Waals surface area contributed by atoms with Gasteiger partial charge in [0.2, 0.25) is 5.91 Å². The van der Waals surface area contributed by atoms with Crippen molar-refractivity contribution in [1.29, 1.82) is 0 Å². The summed E-state index contributed by atoms with van der Waals surface area (Å²) in [4.78, 5) is 15.3. The predicted molar refractivity (Wildman–Crippen MR) is 95.2 cm³/mol. The van der Waals surface area contributed by atoms with E-state index in [9.17, 15) is 9.18 Å². The molecule has 0 saturated heterocycles. The zero-order chi connectivity index (χ0) is 17.0. The van der Waals surface area contributed by atoms with Gasteiger partial charge < -0.3 is 4.90 Å². The fraction of sp³-hybridized carbons (Fsp3) is 0.682. The van der Waals surface area contributed by atoms with E-state index in [4.69, 9.17) is 0 Å². The number of hydrogen-bond acceptors (Lipinski definition) is 1. The highest BCUT2D eigenvalue weighted by Crippen LogP contribution is 2.61. The van der Waals surface area contributed by atoms with Crippen LogP contribution in [0.3, 0.4) is 0 Å². The molecule has 4 bridgehead atoms. The van der Waals surface area contributed by atoms with Gasteiger partial charge in [0, 0.05) is 19.0 Å². The number of halogens is 1. The van der Waals surface area contributed by atoms with Gasteiger partial charge in [0.1, 0.15) is 5.82 Å². The van der Waals surface area contributed by atoms with Gasteiger partial charge in [-0.1, -0.05) is 12.1 Å². The van der Waals surface area contributed by atoms with E-state index in [1.54, 1.807) is 0 Å². The maximum Gasteiger partial charge on any atom is 0.223 e. The molecule has 5 saturated carbocycles. The number of benzene rings is 1. The van der Waals surface area contributed by atoms with E-state index in [1.807, 2.05) is 12.1 Å². The molecule has 5 fully saturated rings. The lowest BCUT2D eigenvalue weighted by molar-refractivity contribution is -0.140. The molecular formula is C22H28FNO. The van der Waals surface area contributed by atoms with E-state index in [2.05, 4.69) is 4.90 Å². The Balaban J connectivity index is 1.31. The van der Waals surface area contributed by atoms with Crippen LogP contribution < -0.4 is 0 Å². The van der Waals surface area contributed by atoms with Crippen LogP contribution in [0.5, 0.6) is 0 Å². The Bertz CT molecular complexity index is 628. The highest BCUT2D eigenvalue weighted by atomic mass is 19.1. The quantitative estimate of drug-likeness (QED) is 0.744. The molecule has 0 aromatic heterocycles. The fourth-order valence-corrected chi connectivity index (χ4v) is 6.52. The van der Waals surface area contributed by atoms with Crippen LogP contribution in [0.4, 0.5) is 4.39 Å². The minimum atomic E-state index is -0.207. The van der Waals surface area contributed by atoms with Gasteiger partial charge in [0.15, 0.2) is 0 Å². The van der Waals surface area contributed by atoms with Gasteiger partial charge >= 0.3 is 0 Å². The summed E-state index contributed by atoms with van der Waals surface area (Å²) in [5.74, 6) is 2.83. The molecular weight excluding hydrogens is 313 g/mol. The first kappa shape index (κ1) is 15.8. The summed E-state index contributed by atoms with van der Waals surface area (Å²) in [5, 5.41) is 0. The van der Waals surface area contributed by atoms with Crippen molar-refractivity contribution in [3.63, 3.8) is 0 Å². The van der Waals surface area contributed by atoms with Gasteiger partial charge in [-0.3, -0.25) is 4.79 Å². The summed E-state index contributed by atoms with van der Waals surface area (Å²) in [6.07, 6.45) is 11.2. The van der Waals surface area contributed by atoms with Crippen molar-refractivity contribution in [2.75, 3.05) is 0 Å². The third-order valence-electron chi connectivity index (χ3n) is 7.27. The maximum absolute atomic E-state index is 13.2. The molecule has 5 aliphatic carbocycles. The highest BCUT2D eigenvalue weighted by Gasteiger charge is 2.52. The van der Waals surface area contributed by atoms with Gasteiger partial charge in [-0.05, 0) is 92.2 Å². The van der Waals surface area contributed by atoms with Crippen molar-refractivity contribution in [2.45, 2.75) is 70.4 Å². The first-order valence-electron chi connectivity index (χ1n) is 10.1. The Morgan fingerprint density at radius 2 is 1.56 bits per heavy atom. The van der Waals surface area contributed by atoms with Gasteiger partial charge in [0.25, 0.3) is 0 Å². The van der Waals surface area contributed by atoms with Crippen LogP contribution in [0, 0.1) is 29.0 Å². The molecule has 6 rings (SSSR count). The van der Waals surface area contributed by atoms with Crippen molar-refractivity contribution in [3.8, 4) is 0 Å². The third kappa shape index (κ3) is 3.11. The summed E-state index contributed by atoms with van der Waals surface area (Å²) < 4.78 is 13.2. The lowest BCUT2D eigenvalue weighted by Crippen LogP contribution is -2.48. The maximum atomic E-state index is 13.2. The van der Waals surface area contributed by atoms with E-state index in [0.717, 1.165) is 42.6 Å². The van der Waals surface area contributed by atoms with E-state index >= 15 is 0 Å². The van der Waals surface area contributed by atoms with E-state index < -0.39 is 0 Å². The Kier molecular flexibility index (Phi) is 3.69. The van der Waals surface area contributed by atoms with Crippen molar-refractivity contribution >= 4 is 5.91 Å². The number of amides is 1. The second kappa shape index (κ2) is 5.82. The molecule has 5 aliphatic rings. The van der Waals surface area contributed by atoms with Crippen LogP contribution >= 0.6 is 0 Å². The molecule has 134 valence electrons. The van der Waals surface area contributed by atoms with E-state index in [1.165, 1.54) is 50.7 Å². The monoisotopic (exact) mass is 341 g/mol. The summed E-state index contributed by atoms with van der Waals surface area (Å²) >= 11 is 0. The topological polar surface area (TPSA) is 20.3 Å². The number of rotatable bonds is 5. The lowest BCUT2D eigenvalue weighted by atomic mass is 9.49. The van der Waals surface area contributed by atoms with Crippen molar-refractivity contribution in [1.82, 2.24) is 4.90 Å². The first-order chi connectivity index (χ1) is 12.1. The molecule has 0 aliphatic heterocycles. The molecule has 25 heavy (non-hydrogen) atoms. The largest absolute Gasteiger partial charge is 0.335 e. The first-order valence-corrected chi connectivity index (χ1v) is 10.1. The minimum Gasteiger partial charge on any atom is -0.335 e. The zero-order valence-electron chi connectivity index (χ0n) is 14.9. The highest BCUT2D eigenvalue weighted by molar-refractivity contribution is 5.77. The van der Waals surface area contributed by atoms with E-state index in [-0.39, 0.29) is 5.82 Å². The SMILES string of the molecule is O=C(CC12CC3CC(CC(C3)C1)C2)N(Cc1ccc(F)cc1)C1CC1. The second-order valence-corrected chi connectivity index (χ2v) is 9.47. The summed E-state index contributed by atoms with van der Waals surface area (Å²) in [6.45, 7) is 0.649. The molecule has 0 heterocycles. The number of carbonyl (C=O) groups excluding carboxylic acids is 1. The Morgan fingerprint density at radius 3 is 2.08 bits per heavy atom. The summed E-state index contributed by atoms with van der Waals surface area (Å²) in [5.41, 5.74) is 1.36. The van der Waals surface area contributed by atoms with Crippen LogP contribution in [-0.4, -0.2) is 16.8 Å². The van der Waals surface area contributed by atoms with Crippen molar-refractivity contribution < 1.29 is 9.18 Å². The molecule has 0 unspecified atom stereocenters. The van der Waals surface area contributed by atoms with E-state index in [0.29, 0.717) is 23.9 Å². The molecule has 0 atom stereocenters. The molecule has 2 nitrogen and oxygen atoms in total. The van der Waals surface area contributed by atoms with Crippen LogP contribution in [0.2, 0.25) is 0 Å². The number of nitrogens with zero attached hydrogens (tertiary/aromatic N) is 1. The summed E-state index contributed by atoms with van der Waals surface area (Å²) in [7, 11) is 0. The smallest absolute Gasteiger partial charge is 0.223 e. The third-order valence-corrected chi connectivity index (χ3v) is 7.27. The number of hydrogen-bond donors (Lipinski definition) is 0. The molecule has 1 amide bonds. The van der Waals surface area contributed by atoms with Crippen molar-refractivity contribution in [3.05, 3.63) is 35.6 Å². The molecule has 1 aromatic rings. The van der Waals surface area contributed by atoms with Crippen LogP contribution in [0.25, 0.3) is 0 Å². The molecule has 3 heteroatoms. The van der Waals surface area contributed by atoms with Crippen LogP contribution in [0.15, 0.2) is 24.3 Å². The van der Waals surface area contributed by atoms with Gasteiger partial charge in [-0.15, -0.1) is 0 Å². The summed E-state index contributed by atoms with van der Waals surface area (Å²) in [6, 6.07) is 7.07. The normalized spacial score (nSPS) is 35.8. The Morgan fingerprint density at radius 1 is 1.00 bits per heavy atom. The average molecular weight is 341 g/mol. The Labute approximate surface area is 149 Å². The molecule has 1 aromatic carbocycles. The van der Waals surface area contributed by atoms with Gasteiger partial charge in [0.05, 0.1) is 0 Å². The number of carbonyl (C=O) groups is 1. The Hall–Kier alpha value is -1.38. The minimum absolute atomic E-state index is 0.207. The predicted octanol–water partition coefficient (Wildman–Crippen LogP) is 4.92. The second-order valence-electron chi connectivity index (χ2n) is 9.47. The standard InChI is InChI=1S/C22H28FNO/c23-19-3-1-15(2-4-19)14-24(20-5-6-20)21(25)13-22-10-16-7-17(11-22)9-18(8-16)12-22/h1-4,16-18,20H,5-14H2. The molecule has 0 N–H and O–H groups in total.